The maximum absolute atomic E-state index is 10.4. The molecule has 58 valence electrons. The van der Waals surface area contributed by atoms with E-state index in [4.69, 9.17) is 4.79 Å². The smallest absolute Gasteiger partial charge is 0.228 e. The minimum atomic E-state index is -0.0116. The zero-order valence-corrected chi connectivity index (χ0v) is 6.15. The van der Waals surface area contributed by atoms with Gasteiger partial charge in [0.1, 0.15) is 12.3 Å². The first-order valence-corrected chi connectivity index (χ1v) is 2.85. The number of carbonyl (C=O) groups is 1. The van der Waals surface area contributed by atoms with Crippen molar-refractivity contribution in [1.29, 1.82) is 0 Å². The van der Waals surface area contributed by atoms with Crippen molar-refractivity contribution in [3.05, 3.63) is 25.3 Å². The van der Waals surface area contributed by atoms with Crippen LogP contribution < -0.4 is 0 Å². The molecule has 0 saturated carbocycles. The van der Waals surface area contributed by atoms with E-state index in [9.17, 15) is 4.79 Å². The lowest BCUT2D eigenvalue weighted by atomic mass is 10.7. The Morgan fingerprint density at radius 3 is 2.45 bits per heavy atom. The van der Waals surface area contributed by atoms with Crippen molar-refractivity contribution in [2.24, 2.45) is 0 Å². The first-order valence-electron chi connectivity index (χ1n) is 2.85. The summed E-state index contributed by atoms with van der Waals surface area (Å²) in [6.07, 6.45) is 4.66. The first-order chi connectivity index (χ1) is 5.22. The monoisotopic (exact) mass is 152 g/mol. The van der Waals surface area contributed by atoms with Crippen molar-refractivity contribution >= 4 is 11.8 Å². The molecule has 0 amide bonds. The number of aromatic nitrogens is 2. The fourth-order valence-corrected chi connectivity index (χ4v) is 0.445. The number of carbonyl (C=O) groups excluding carboxylic acids is 2. The highest BCUT2D eigenvalue weighted by Crippen LogP contribution is 1.82. The molecule has 4 heteroatoms. The number of imidazole rings is 1. The summed E-state index contributed by atoms with van der Waals surface area (Å²) in [5, 5.41) is 0. The average molecular weight is 152 g/mol. The number of nitrogens with zero attached hydrogens (tertiary/aromatic N) is 2. The zero-order valence-electron chi connectivity index (χ0n) is 6.15. The zero-order chi connectivity index (χ0) is 8.69. The molecular formula is C7H8N2O2. The van der Waals surface area contributed by atoms with Crippen LogP contribution in [0.2, 0.25) is 0 Å². The van der Waals surface area contributed by atoms with E-state index in [2.05, 4.69) is 11.6 Å². The van der Waals surface area contributed by atoms with E-state index in [0.29, 0.717) is 0 Å². The predicted octanol–water partition coefficient (Wildman–Crippen LogP) is 0.547. The van der Waals surface area contributed by atoms with Crippen LogP contribution in [0.3, 0.4) is 0 Å². The summed E-state index contributed by atoms with van der Waals surface area (Å²) >= 11 is 0. The highest BCUT2D eigenvalue weighted by atomic mass is 16.1. The van der Waals surface area contributed by atoms with Gasteiger partial charge >= 0.3 is 0 Å². The minimum absolute atomic E-state index is 0.0116. The van der Waals surface area contributed by atoms with E-state index in [1.165, 1.54) is 23.8 Å². The summed E-state index contributed by atoms with van der Waals surface area (Å²) in [5.74, 6) is 1.24. The fourth-order valence-electron chi connectivity index (χ4n) is 0.445. The highest BCUT2D eigenvalue weighted by molar-refractivity contribution is 5.75. The van der Waals surface area contributed by atoms with Gasteiger partial charge in [0.15, 0.2) is 0 Å². The van der Waals surface area contributed by atoms with E-state index in [-0.39, 0.29) is 5.91 Å². The molecule has 0 unspecified atom stereocenters. The molecule has 0 bridgehead atoms. The molecular weight excluding hydrogens is 144 g/mol. The van der Waals surface area contributed by atoms with E-state index >= 15 is 0 Å². The third kappa shape index (κ3) is 3.83. The second-order valence-electron chi connectivity index (χ2n) is 1.63. The van der Waals surface area contributed by atoms with Crippen LogP contribution in [0.1, 0.15) is 11.7 Å². The molecule has 1 aromatic heterocycles. The van der Waals surface area contributed by atoms with E-state index in [1.54, 1.807) is 12.4 Å². The normalized spacial score (nSPS) is 7.36. The molecule has 1 rings (SSSR count). The van der Waals surface area contributed by atoms with E-state index in [1.807, 2.05) is 0 Å². The van der Waals surface area contributed by atoms with E-state index < -0.39 is 0 Å². The second kappa shape index (κ2) is 5.14. The van der Waals surface area contributed by atoms with Gasteiger partial charge in [0.2, 0.25) is 5.91 Å². The third-order valence-electron chi connectivity index (χ3n) is 0.868. The van der Waals surface area contributed by atoms with Crippen LogP contribution >= 0.6 is 0 Å². The Labute approximate surface area is 64.2 Å². The number of hydrogen-bond donors (Lipinski definition) is 0. The topological polar surface area (TPSA) is 52.0 Å². The van der Waals surface area contributed by atoms with Crippen LogP contribution in [0.25, 0.3) is 0 Å². The standard InChI is InChI=1S/C5H6N2O.C2H2O/c1-5(8)7-3-2-6-4-7;1-2-3/h2-4H,1H3;1H2. The molecule has 0 aliphatic rings. The van der Waals surface area contributed by atoms with Crippen molar-refractivity contribution in [3.63, 3.8) is 0 Å². The van der Waals surface area contributed by atoms with Crippen molar-refractivity contribution in [2.45, 2.75) is 6.92 Å². The Bertz CT molecular complexity index is 245. The number of rotatable bonds is 0. The van der Waals surface area contributed by atoms with Gasteiger partial charge in [0, 0.05) is 19.3 Å². The van der Waals surface area contributed by atoms with Gasteiger partial charge < -0.3 is 0 Å². The largest absolute Gasteiger partial charge is 0.277 e. The van der Waals surface area contributed by atoms with Crippen LogP contribution in [0.4, 0.5) is 0 Å². The summed E-state index contributed by atoms with van der Waals surface area (Å²) in [6, 6.07) is 0. The van der Waals surface area contributed by atoms with E-state index in [0.717, 1.165) is 0 Å². The minimum Gasteiger partial charge on any atom is -0.277 e. The van der Waals surface area contributed by atoms with Gasteiger partial charge in [0.05, 0.1) is 0 Å². The molecule has 0 spiro atoms. The van der Waals surface area contributed by atoms with Gasteiger partial charge in [-0.2, -0.15) is 0 Å². The molecule has 0 radical (unpaired) electrons. The van der Waals surface area contributed by atoms with Crippen molar-refractivity contribution in [3.8, 4) is 0 Å². The molecule has 11 heavy (non-hydrogen) atoms. The molecule has 0 aliphatic carbocycles. The highest BCUT2D eigenvalue weighted by Gasteiger charge is 1.90. The van der Waals surface area contributed by atoms with Crippen LogP contribution in [0.5, 0.6) is 0 Å². The molecule has 0 fully saturated rings. The summed E-state index contributed by atoms with van der Waals surface area (Å²) in [4.78, 5) is 22.7. The summed E-state index contributed by atoms with van der Waals surface area (Å²) in [6.45, 7) is 4.17. The second-order valence-corrected chi connectivity index (χ2v) is 1.63. The summed E-state index contributed by atoms with van der Waals surface area (Å²) < 4.78 is 1.42. The maximum atomic E-state index is 10.4. The van der Waals surface area contributed by atoms with Crippen molar-refractivity contribution < 1.29 is 9.59 Å². The van der Waals surface area contributed by atoms with Crippen molar-refractivity contribution in [2.75, 3.05) is 0 Å². The molecule has 0 aromatic carbocycles. The first kappa shape index (κ1) is 9.33. The quantitative estimate of drug-likeness (QED) is 0.510. The predicted molar refractivity (Wildman–Crippen MR) is 39.8 cm³/mol. The van der Waals surface area contributed by atoms with Crippen LogP contribution in [0.15, 0.2) is 25.3 Å². The molecule has 0 atom stereocenters. The summed E-state index contributed by atoms with van der Waals surface area (Å²) in [7, 11) is 0. The number of hydrogen-bond acceptors (Lipinski definition) is 3. The van der Waals surface area contributed by atoms with Crippen LogP contribution in [-0.4, -0.2) is 21.4 Å². The SMILES string of the molecule is C=C=O.CC(=O)n1ccnc1. The van der Waals surface area contributed by atoms with Gasteiger partial charge in [-0.05, 0) is 6.58 Å². The average Bonchev–Trinajstić information content (AvgIpc) is 2.38. The lowest BCUT2D eigenvalue weighted by Gasteiger charge is -1.87. The van der Waals surface area contributed by atoms with Gasteiger partial charge in [-0.15, -0.1) is 0 Å². The lowest BCUT2D eigenvalue weighted by molar-refractivity contribution is 0.0936. The Morgan fingerprint density at radius 1 is 1.73 bits per heavy atom. The lowest BCUT2D eigenvalue weighted by Crippen LogP contribution is -2.00. The molecule has 0 saturated heterocycles. The van der Waals surface area contributed by atoms with Gasteiger partial charge in [-0.1, -0.05) is 0 Å². The molecule has 4 nitrogen and oxygen atoms in total. The van der Waals surface area contributed by atoms with Gasteiger partial charge in [-0.3, -0.25) is 9.36 Å². The Morgan fingerprint density at radius 2 is 2.27 bits per heavy atom. The molecule has 0 N–H and O–H groups in total. The van der Waals surface area contributed by atoms with Crippen LogP contribution in [0, 0.1) is 0 Å². The van der Waals surface area contributed by atoms with Gasteiger partial charge in [-0.25, -0.2) is 9.78 Å². The van der Waals surface area contributed by atoms with Crippen molar-refractivity contribution in [1.82, 2.24) is 9.55 Å². The Balaban J connectivity index is 0.000000292. The molecule has 1 heterocycles. The third-order valence-corrected chi connectivity index (χ3v) is 0.868. The van der Waals surface area contributed by atoms with Crippen LogP contribution in [-0.2, 0) is 4.79 Å². The summed E-state index contributed by atoms with van der Waals surface area (Å²) in [5.41, 5.74) is 0. The van der Waals surface area contributed by atoms with Gasteiger partial charge in [0.25, 0.3) is 0 Å². The molecule has 0 aliphatic heterocycles. The Hall–Kier alpha value is -1.67. The molecule has 1 aromatic rings. The Kier molecular flexibility index (Phi) is 4.36. The fraction of sp³-hybridized carbons (Fsp3) is 0.143. The maximum Gasteiger partial charge on any atom is 0.228 e.